The minimum atomic E-state index is -0.0349. The van der Waals surface area contributed by atoms with E-state index in [1.54, 1.807) is 18.5 Å². The molecule has 4 rings (SSSR count). The second-order valence-electron chi connectivity index (χ2n) is 7.20. The Morgan fingerprint density at radius 3 is 2.64 bits per heavy atom. The lowest BCUT2D eigenvalue weighted by Crippen LogP contribution is -2.52. The zero-order chi connectivity index (χ0) is 19.2. The highest BCUT2D eigenvalue weighted by molar-refractivity contribution is 5.74. The highest BCUT2D eigenvalue weighted by Crippen LogP contribution is 2.29. The van der Waals surface area contributed by atoms with E-state index in [4.69, 9.17) is 4.74 Å². The number of aryl methyl sites for hydroxylation is 1. The maximum Gasteiger partial charge on any atom is 0.317 e. The number of anilines is 1. The molecule has 0 unspecified atom stereocenters. The lowest BCUT2D eigenvalue weighted by molar-refractivity contribution is 0.191. The van der Waals surface area contributed by atoms with E-state index in [1.807, 2.05) is 11.0 Å². The highest BCUT2D eigenvalue weighted by atomic mass is 16.5. The number of aromatic nitrogens is 2. The Morgan fingerprint density at radius 2 is 1.82 bits per heavy atom. The summed E-state index contributed by atoms with van der Waals surface area (Å²) in [6, 6.07) is 8.07. The summed E-state index contributed by atoms with van der Waals surface area (Å²) in [7, 11) is 0. The minimum Gasteiger partial charge on any atom is -0.491 e. The summed E-state index contributed by atoms with van der Waals surface area (Å²) in [5.74, 6) is 1.70. The number of amides is 2. The van der Waals surface area contributed by atoms with Crippen LogP contribution in [0.2, 0.25) is 0 Å². The van der Waals surface area contributed by atoms with Gasteiger partial charge in [0, 0.05) is 38.6 Å². The molecule has 0 saturated carbocycles. The molecular formula is C21H27N5O2. The molecular weight excluding hydrogens is 354 g/mol. The number of carbonyl (C=O) groups excluding carboxylic acids is 1. The smallest absolute Gasteiger partial charge is 0.317 e. The van der Waals surface area contributed by atoms with Crippen LogP contribution in [-0.4, -0.2) is 60.2 Å². The molecule has 148 valence electrons. The monoisotopic (exact) mass is 381 g/mol. The van der Waals surface area contributed by atoms with Crippen molar-refractivity contribution in [2.75, 3.05) is 44.2 Å². The molecule has 28 heavy (non-hydrogen) atoms. The van der Waals surface area contributed by atoms with E-state index in [0.29, 0.717) is 26.2 Å². The van der Waals surface area contributed by atoms with E-state index in [2.05, 4.69) is 32.3 Å². The number of benzene rings is 1. The fourth-order valence-corrected chi connectivity index (χ4v) is 3.88. The molecule has 0 spiro atoms. The number of piperazine rings is 1. The molecule has 1 aliphatic heterocycles. The number of rotatable bonds is 5. The fourth-order valence-electron chi connectivity index (χ4n) is 3.88. The predicted octanol–water partition coefficient (Wildman–Crippen LogP) is 2.27. The SMILES string of the molecule is O=C(NCCOc1cccc2c1CCCC2)N1CCN(c2ncccn2)CC1. The minimum absolute atomic E-state index is 0.0349. The molecule has 1 fully saturated rings. The van der Waals surface area contributed by atoms with Crippen molar-refractivity contribution >= 4 is 12.0 Å². The molecule has 0 radical (unpaired) electrons. The number of hydrogen-bond donors (Lipinski definition) is 1. The number of urea groups is 1. The van der Waals surface area contributed by atoms with Crippen LogP contribution in [0.4, 0.5) is 10.7 Å². The van der Waals surface area contributed by atoms with Crippen LogP contribution in [-0.2, 0) is 12.8 Å². The Morgan fingerprint density at radius 1 is 1.04 bits per heavy atom. The fraction of sp³-hybridized carbons (Fsp3) is 0.476. The second kappa shape index (κ2) is 8.91. The summed E-state index contributed by atoms with van der Waals surface area (Å²) in [6.07, 6.45) is 8.20. The molecule has 2 aromatic rings. The molecule has 0 bridgehead atoms. The predicted molar refractivity (Wildman–Crippen MR) is 108 cm³/mol. The summed E-state index contributed by atoms with van der Waals surface area (Å²) in [4.78, 5) is 24.9. The van der Waals surface area contributed by atoms with Crippen LogP contribution in [0, 0.1) is 0 Å². The van der Waals surface area contributed by atoms with E-state index in [0.717, 1.165) is 37.6 Å². The molecule has 2 amide bonds. The molecule has 1 aromatic carbocycles. The van der Waals surface area contributed by atoms with Gasteiger partial charge in [0.05, 0.1) is 6.54 Å². The van der Waals surface area contributed by atoms with Gasteiger partial charge in [-0.05, 0) is 48.9 Å². The quantitative estimate of drug-likeness (QED) is 0.805. The Hall–Kier alpha value is -2.83. The van der Waals surface area contributed by atoms with Crippen molar-refractivity contribution in [1.29, 1.82) is 0 Å². The maximum absolute atomic E-state index is 12.4. The van der Waals surface area contributed by atoms with E-state index < -0.39 is 0 Å². The maximum atomic E-state index is 12.4. The lowest BCUT2D eigenvalue weighted by atomic mass is 9.91. The van der Waals surface area contributed by atoms with Crippen molar-refractivity contribution in [3.63, 3.8) is 0 Å². The number of carbonyl (C=O) groups is 1. The molecule has 2 heterocycles. The van der Waals surface area contributed by atoms with Crippen LogP contribution in [0.15, 0.2) is 36.7 Å². The van der Waals surface area contributed by atoms with Gasteiger partial charge in [-0.25, -0.2) is 14.8 Å². The summed E-state index contributed by atoms with van der Waals surface area (Å²) in [5.41, 5.74) is 2.76. The highest BCUT2D eigenvalue weighted by Gasteiger charge is 2.22. The molecule has 1 N–H and O–H groups in total. The average molecular weight is 381 g/mol. The lowest BCUT2D eigenvalue weighted by Gasteiger charge is -2.34. The van der Waals surface area contributed by atoms with Gasteiger partial charge in [-0.3, -0.25) is 0 Å². The second-order valence-corrected chi connectivity index (χ2v) is 7.20. The molecule has 1 aromatic heterocycles. The number of nitrogens with one attached hydrogen (secondary N) is 1. The van der Waals surface area contributed by atoms with Crippen molar-refractivity contribution in [3.8, 4) is 5.75 Å². The van der Waals surface area contributed by atoms with Crippen LogP contribution in [0.3, 0.4) is 0 Å². The van der Waals surface area contributed by atoms with Gasteiger partial charge >= 0.3 is 6.03 Å². The van der Waals surface area contributed by atoms with Crippen molar-refractivity contribution in [1.82, 2.24) is 20.2 Å². The normalized spacial score (nSPS) is 16.4. The van der Waals surface area contributed by atoms with E-state index in [9.17, 15) is 4.79 Å². The Labute approximate surface area is 165 Å². The Bertz CT molecular complexity index is 791. The third-order valence-electron chi connectivity index (χ3n) is 5.39. The standard InChI is InChI=1S/C21H27N5O2/c27-21(26-14-12-25(13-15-26)20-22-9-4-10-23-20)24-11-16-28-19-8-3-6-17-5-1-2-7-18(17)19/h3-4,6,8-10H,1-2,5,7,11-16H2,(H,24,27). The zero-order valence-corrected chi connectivity index (χ0v) is 16.1. The number of hydrogen-bond acceptors (Lipinski definition) is 5. The first-order valence-electron chi connectivity index (χ1n) is 10.1. The summed E-state index contributed by atoms with van der Waals surface area (Å²) >= 11 is 0. The van der Waals surface area contributed by atoms with Gasteiger partial charge in [0.25, 0.3) is 0 Å². The Balaban J connectivity index is 1.20. The summed E-state index contributed by atoms with van der Waals surface area (Å²) in [6.45, 7) is 3.80. The van der Waals surface area contributed by atoms with Gasteiger partial charge in [0.2, 0.25) is 5.95 Å². The zero-order valence-electron chi connectivity index (χ0n) is 16.1. The Kier molecular flexibility index (Phi) is 5.89. The van der Waals surface area contributed by atoms with Crippen LogP contribution in [0.1, 0.15) is 24.0 Å². The van der Waals surface area contributed by atoms with Gasteiger partial charge < -0.3 is 19.9 Å². The van der Waals surface area contributed by atoms with Gasteiger partial charge in [-0.1, -0.05) is 12.1 Å². The number of ether oxygens (including phenoxy) is 1. The van der Waals surface area contributed by atoms with E-state index in [1.165, 1.54) is 24.0 Å². The molecule has 2 aliphatic rings. The van der Waals surface area contributed by atoms with E-state index >= 15 is 0 Å². The number of nitrogens with zero attached hydrogens (tertiary/aromatic N) is 4. The summed E-state index contributed by atoms with van der Waals surface area (Å²) < 4.78 is 5.96. The van der Waals surface area contributed by atoms with Crippen LogP contribution >= 0.6 is 0 Å². The molecule has 1 aliphatic carbocycles. The van der Waals surface area contributed by atoms with Gasteiger partial charge in [-0.15, -0.1) is 0 Å². The third kappa shape index (κ3) is 4.35. The van der Waals surface area contributed by atoms with Gasteiger partial charge in [0.15, 0.2) is 0 Å². The first kappa shape index (κ1) is 18.5. The number of fused-ring (bicyclic) bond motifs is 1. The summed E-state index contributed by atoms with van der Waals surface area (Å²) in [5, 5.41) is 2.97. The average Bonchev–Trinajstić information content (AvgIpc) is 2.77. The van der Waals surface area contributed by atoms with Crippen molar-refractivity contribution in [3.05, 3.63) is 47.8 Å². The van der Waals surface area contributed by atoms with E-state index in [-0.39, 0.29) is 6.03 Å². The largest absolute Gasteiger partial charge is 0.491 e. The van der Waals surface area contributed by atoms with Crippen molar-refractivity contribution < 1.29 is 9.53 Å². The van der Waals surface area contributed by atoms with Gasteiger partial charge in [0.1, 0.15) is 12.4 Å². The topological polar surface area (TPSA) is 70.6 Å². The first-order valence-corrected chi connectivity index (χ1v) is 10.1. The third-order valence-corrected chi connectivity index (χ3v) is 5.39. The van der Waals surface area contributed by atoms with Crippen LogP contribution in [0.25, 0.3) is 0 Å². The van der Waals surface area contributed by atoms with Crippen molar-refractivity contribution in [2.45, 2.75) is 25.7 Å². The van der Waals surface area contributed by atoms with Crippen LogP contribution < -0.4 is 15.0 Å². The molecule has 1 saturated heterocycles. The molecule has 7 heteroatoms. The molecule has 0 atom stereocenters. The van der Waals surface area contributed by atoms with Gasteiger partial charge in [-0.2, -0.15) is 0 Å². The first-order chi connectivity index (χ1) is 13.8. The van der Waals surface area contributed by atoms with Crippen molar-refractivity contribution in [2.24, 2.45) is 0 Å². The van der Waals surface area contributed by atoms with Crippen LogP contribution in [0.5, 0.6) is 5.75 Å². The molecule has 7 nitrogen and oxygen atoms in total.